The van der Waals surface area contributed by atoms with Crippen LogP contribution < -0.4 is 20.1 Å². The summed E-state index contributed by atoms with van der Waals surface area (Å²) in [6.45, 7) is 1.03. The molecule has 2 unspecified atom stereocenters. The molecular formula is C17H15ClN2O3. The van der Waals surface area contributed by atoms with Gasteiger partial charge in [-0.1, -0.05) is 29.8 Å². The van der Waals surface area contributed by atoms with Crippen LogP contribution in [0.3, 0.4) is 0 Å². The van der Waals surface area contributed by atoms with Gasteiger partial charge in [0, 0.05) is 16.8 Å². The third-order valence-corrected chi connectivity index (χ3v) is 4.51. The number of benzene rings is 2. The molecule has 0 aromatic heterocycles. The van der Waals surface area contributed by atoms with E-state index in [1.807, 2.05) is 36.4 Å². The van der Waals surface area contributed by atoms with Crippen LogP contribution in [0, 0.1) is 0 Å². The lowest BCUT2D eigenvalue weighted by Crippen LogP contribution is -2.63. The van der Waals surface area contributed by atoms with Crippen LogP contribution in [0.5, 0.6) is 11.5 Å². The lowest BCUT2D eigenvalue weighted by Gasteiger charge is -2.46. The number of rotatable bonds is 2. The van der Waals surface area contributed by atoms with Gasteiger partial charge < -0.3 is 20.1 Å². The molecule has 2 N–H and O–H groups in total. The molecule has 0 spiro atoms. The van der Waals surface area contributed by atoms with Crippen molar-refractivity contribution in [3.63, 3.8) is 0 Å². The fourth-order valence-corrected chi connectivity index (χ4v) is 3.28. The highest BCUT2D eigenvalue weighted by molar-refractivity contribution is 6.31. The fourth-order valence-electron chi connectivity index (χ4n) is 3.03. The van der Waals surface area contributed by atoms with Gasteiger partial charge in [0.2, 0.25) is 5.91 Å². The van der Waals surface area contributed by atoms with Crippen molar-refractivity contribution >= 4 is 23.2 Å². The maximum Gasteiger partial charge on any atom is 0.247 e. The Balaban J connectivity index is 1.72. The first kappa shape index (κ1) is 14.4. The van der Waals surface area contributed by atoms with Crippen molar-refractivity contribution in [2.75, 3.05) is 18.1 Å². The summed E-state index contributed by atoms with van der Waals surface area (Å²) in [5.41, 5.74) is 7.60. The SMILES string of the molecule is NC1C(=O)N(c2ccc3c(c2)OCCO3)C1c1ccccc1Cl. The van der Waals surface area contributed by atoms with Crippen LogP contribution in [0.2, 0.25) is 5.02 Å². The van der Waals surface area contributed by atoms with Gasteiger partial charge in [0.15, 0.2) is 11.5 Å². The Labute approximate surface area is 138 Å². The van der Waals surface area contributed by atoms with Gasteiger partial charge in [0.05, 0.1) is 6.04 Å². The Hall–Kier alpha value is -2.24. The van der Waals surface area contributed by atoms with E-state index in [0.717, 1.165) is 11.3 Å². The second kappa shape index (κ2) is 5.44. The number of ether oxygens (including phenoxy) is 2. The summed E-state index contributed by atoms with van der Waals surface area (Å²) in [5, 5.41) is 0.600. The summed E-state index contributed by atoms with van der Waals surface area (Å²) >= 11 is 6.27. The number of halogens is 1. The minimum Gasteiger partial charge on any atom is -0.486 e. The summed E-state index contributed by atoms with van der Waals surface area (Å²) in [7, 11) is 0. The number of anilines is 1. The molecule has 4 rings (SSSR count). The van der Waals surface area contributed by atoms with Crippen molar-refractivity contribution in [3.8, 4) is 11.5 Å². The highest BCUT2D eigenvalue weighted by Crippen LogP contribution is 2.43. The molecule has 6 heteroatoms. The van der Waals surface area contributed by atoms with Gasteiger partial charge in [0.25, 0.3) is 0 Å². The molecule has 1 fully saturated rings. The molecule has 2 aromatic carbocycles. The number of β-lactam (4-membered cyclic amide) rings is 1. The van der Waals surface area contributed by atoms with E-state index in [9.17, 15) is 4.79 Å². The monoisotopic (exact) mass is 330 g/mol. The van der Waals surface area contributed by atoms with Crippen molar-refractivity contribution in [1.29, 1.82) is 0 Å². The average Bonchev–Trinajstić information content (AvgIpc) is 2.59. The average molecular weight is 331 g/mol. The summed E-state index contributed by atoms with van der Waals surface area (Å²) in [5.74, 6) is 1.19. The van der Waals surface area contributed by atoms with Crippen LogP contribution in [0.1, 0.15) is 11.6 Å². The Morgan fingerprint density at radius 2 is 1.83 bits per heavy atom. The van der Waals surface area contributed by atoms with Gasteiger partial charge in [-0.3, -0.25) is 4.79 Å². The van der Waals surface area contributed by atoms with Crippen molar-refractivity contribution < 1.29 is 14.3 Å². The van der Waals surface area contributed by atoms with Crippen molar-refractivity contribution in [2.45, 2.75) is 12.1 Å². The molecule has 23 heavy (non-hydrogen) atoms. The Bertz CT molecular complexity index is 780. The number of fused-ring (bicyclic) bond motifs is 1. The van der Waals surface area contributed by atoms with E-state index in [-0.39, 0.29) is 11.9 Å². The maximum atomic E-state index is 12.3. The normalized spacial score (nSPS) is 22.7. The van der Waals surface area contributed by atoms with Gasteiger partial charge in [-0.25, -0.2) is 0 Å². The minimum atomic E-state index is -0.594. The predicted molar refractivity (Wildman–Crippen MR) is 87.1 cm³/mol. The van der Waals surface area contributed by atoms with Crippen LogP contribution in [0.15, 0.2) is 42.5 Å². The van der Waals surface area contributed by atoms with E-state index in [1.165, 1.54) is 0 Å². The molecule has 0 saturated carbocycles. The molecule has 2 atom stereocenters. The summed E-state index contributed by atoms with van der Waals surface area (Å²) < 4.78 is 11.1. The van der Waals surface area contributed by atoms with Crippen LogP contribution in [0.25, 0.3) is 0 Å². The fraction of sp³-hybridized carbons (Fsp3) is 0.235. The molecule has 118 valence electrons. The van der Waals surface area contributed by atoms with Crippen molar-refractivity contribution in [1.82, 2.24) is 0 Å². The zero-order chi connectivity index (χ0) is 16.0. The molecule has 0 radical (unpaired) electrons. The molecule has 0 aliphatic carbocycles. The summed E-state index contributed by atoms with van der Waals surface area (Å²) in [6, 6.07) is 12.0. The second-order valence-corrected chi connectivity index (χ2v) is 5.94. The zero-order valence-corrected chi connectivity index (χ0v) is 13.0. The van der Waals surface area contributed by atoms with Crippen LogP contribution in [0.4, 0.5) is 5.69 Å². The molecule has 1 saturated heterocycles. The summed E-state index contributed by atoms with van der Waals surface area (Å²) in [4.78, 5) is 14.0. The molecule has 2 aromatic rings. The van der Waals surface area contributed by atoms with E-state index >= 15 is 0 Å². The van der Waals surface area contributed by atoms with E-state index < -0.39 is 6.04 Å². The van der Waals surface area contributed by atoms with E-state index in [4.69, 9.17) is 26.8 Å². The molecule has 5 nitrogen and oxygen atoms in total. The third kappa shape index (κ3) is 2.24. The van der Waals surface area contributed by atoms with E-state index in [0.29, 0.717) is 29.7 Å². The van der Waals surface area contributed by atoms with E-state index in [1.54, 1.807) is 11.0 Å². The van der Waals surface area contributed by atoms with Gasteiger partial charge in [-0.05, 0) is 23.8 Å². The lowest BCUT2D eigenvalue weighted by atomic mass is 9.88. The van der Waals surface area contributed by atoms with Crippen LogP contribution >= 0.6 is 11.6 Å². The van der Waals surface area contributed by atoms with Crippen molar-refractivity contribution in [2.24, 2.45) is 5.73 Å². The molecule has 2 heterocycles. The smallest absolute Gasteiger partial charge is 0.247 e. The Morgan fingerprint density at radius 3 is 2.61 bits per heavy atom. The molecule has 1 amide bonds. The predicted octanol–water partition coefficient (Wildman–Crippen LogP) is 2.53. The lowest BCUT2D eigenvalue weighted by molar-refractivity contribution is -0.126. The highest BCUT2D eigenvalue weighted by Gasteiger charge is 2.47. The van der Waals surface area contributed by atoms with Crippen molar-refractivity contribution in [3.05, 3.63) is 53.1 Å². The summed E-state index contributed by atoms with van der Waals surface area (Å²) in [6.07, 6.45) is 0. The number of carbonyl (C=O) groups excluding carboxylic acids is 1. The van der Waals surface area contributed by atoms with Gasteiger partial charge in [-0.2, -0.15) is 0 Å². The number of nitrogens with two attached hydrogens (primary N) is 1. The topological polar surface area (TPSA) is 64.8 Å². The molecule has 2 aliphatic rings. The first-order valence-electron chi connectivity index (χ1n) is 7.39. The Morgan fingerprint density at radius 1 is 1.09 bits per heavy atom. The molecular weight excluding hydrogens is 316 g/mol. The molecule has 2 aliphatic heterocycles. The quantitative estimate of drug-likeness (QED) is 0.859. The maximum absolute atomic E-state index is 12.3. The molecule has 0 bridgehead atoms. The number of amides is 1. The Kier molecular flexibility index (Phi) is 3.39. The third-order valence-electron chi connectivity index (χ3n) is 4.17. The first-order chi connectivity index (χ1) is 11.2. The zero-order valence-electron chi connectivity index (χ0n) is 12.2. The van der Waals surface area contributed by atoms with Crippen LogP contribution in [-0.2, 0) is 4.79 Å². The first-order valence-corrected chi connectivity index (χ1v) is 7.77. The second-order valence-electron chi connectivity index (χ2n) is 5.53. The number of hydrogen-bond donors (Lipinski definition) is 1. The number of carbonyl (C=O) groups is 1. The van der Waals surface area contributed by atoms with Gasteiger partial charge in [0.1, 0.15) is 19.3 Å². The standard InChI is InChI=1S/C17H15ClN2O3/c18-12-4-2-1-3-11(12)16-15(19)17(21)20(16)10-5-6-13-14(9-10)23-8-7-22-13/h1-6,9,15-16H,7-8,19H2. The van der Waals surface area contributed by atoms with Gasteiger partial charge in [-0.15, -0.1) is 0 Å². The van der Waals surface area contributed by atoms with E-state index in [2.05, 4.69) is 0 Å². The number of hydrogen-bond acceptors (Lipinski definition) is 4. The highest BCUT2D eigenvalue weighted by atomic mass is 35.5. The largest absolute Gasteiger partial charge is 0.486 e. The van der Waals surface area contributed by atoms with Gasteiger partial charge >= 0.3 is 0 Å². The minimum absolute atomic E-state index is 0.133. The number of nitrogens with zero attached hydrogens (tertiary/aromatic N) is 1. The van der Waals surface area contributed by atoms with Crippen LogP contribution in [-0.4, -0.2) is 25.2 Å².